The Morgan fingerprint density at radius 3 is 2.54 bits per heavy atom. The molecule has 0 aromatic carbocycles. The molecule has 0 saturated heterocycles. The van der Waals surface area contributed by atoms with Gasteiger partial charge in [0.1, 0.15) is 17.4 Å². The number of nitrogens with zero attached hydrogens (tertiary/aromatic N) is 7. The van der Waals surface area contributed by atoms with E-state index in [9.17, 15) is 22.8 Å². The van der Waals surface area contributed by atoms with Crippen LogP contribution >= 0.6 is 0 Å². The molecule has 2 amide bonds. The number of alkyl halides is 3. The van der Waals surface area contributed by atoms with Crippen LogP contribution in [0.2, 0.25) is 0 Å². The number of aromatic nitrogens is 5. The van der Waals surface area contributed by atoms with Gasteiger partial charge >= 0.3 is 6.18 Å². The van der Waals surface area contributed by atoms with Gasteiger partial charge in [0.25, 0.3) is 0 Å². The molecule has 14 heteroatoms. The molecule has 0 fully saturated rings. The Morgan fingerprint density at radius 1 is 1.21 bits per heavy atom. The van der Waals surface area contributed by atoms with Gasteiger partial charge in [-0.2, -0.15) is 23.3 Å². The molecule has 0 spiro atoms. The maximum atomic E-state index is 13.5. The number of anilines is 3. The van der Waals surface area contributed by atoms with E-state index in [-0.39, 0.29) is 36.8 Å². The van der Waals surface area contributed by atoms with E-state index in [0.717, 1.165) is 12.3 Å². The molecule has 4 heterocycles. The zero-order valence-electron chi connectivity index (χ0n) is 22.2. The third kappa shape index (κ3) is 5.85. The summed E-state index contributed by atoms with van der Waals surface area (Å²) in [7, 11) is 1.74. The average molecular weight is 546 g/mol. The van der Waals surface area contributed by atoms with Crippen LogP contribution in [0.3, 0.4) is 0 Å². The first-order valence-corrected chi connectivity index (χ1v) is 12.3. The van der Waals surface area contributed by atoms with Gasteiger partial charge in [0.05, 0.1) is 31.0 Å². The van der Waals surface area contributed by atoms with Gasteiger partial charge in [-0.3, -0.25) is 24.2 Å². The van der Waals surface area contributed by atoms with E-state index in [1.54, 1.807) is 38.2 Å². The van der Waals surface area contributed by atoms with Gasteiger partial charge in [0.2, 0.25) is 17.8 Å². The van der Waals surface area contributed by atoms with Gasteiger partial charge in [-0.15, -0.1) is 0 Å². The minimum atomic E-state index is -4.51. The molecule has 1 aliphatic heterocycles. The summed E-state index contributed by atoms with van der Waals surface area (Å²) in [5.41, 5.74) is 7.38. The van der Waals surface area contributed by atoms with Crippen LogP contribution in [0.25, 0.3) is 0 Å². The summed E-state index contributed by atoms with van der Waals surface area (Å²) in [6, 6.07) is 0.965. The summed E-state index contributed by atoms with van der Waals surface area (Å²) in [6.45, 7) is 7.36. The van der Waals surface area contributed by atoms with E-state index in [1.165, 1.54) is 15.6 Å². The van der Waals surface area contributed by atoms with Crippen molar-refractivity contribution in [3.8, 4) is 0 Å². The van der Waals surface area contributed by atoms with Gasteiger partial charge in [-0.05, 0) is 31.4 Å². The highest BCUT2D eigenvalue weighted by Crippen LogP contribution is 2.33. The molecule has 3 N–H and O–H groups in total. The molecule has 1 aliphatic rings. The Morgan fingerprint density at radius 2 is 1.92 bits per heavy atom. The van der Waals surface area contributed by atoms with Gasteiger partial charge in [-0.25, -0.2) is 4.98 Å². The van der Waals surface area contributed by atoms with E-state index < -0.39 is 24.0 Å². The standard InChI is InChI=1S/C25H30F3N9O2/c1-13(2)19(29)23(39)37(24-32-14(3)20-21(34-24)35(5)15(4)22(38)33-20)12-17-9-31-36(11-17)10-16-6-7-18(30-8-16)25(26,27)28/h6-9,11,13,15,19H,10,12,29H2,1-5H3,(H,33,38)/t15-,19?/m0/s1. The van der Waals surface area contributed by atoms with Crippen molar-refractivity contribution in [3.05, 3.63) is 53.2 Å². The number of hydrogen-bond donors (Lipinski definition) is 2. The van der Waals surface area contributed by atoms with Crippen LogP contribution in [0.4, 0.5) is 30.6 Å². The van der Waals surface area contributed by atoms with Gasteiger partial charge in [-0.1, -0.05) is 19.9 Å². The number of pyridine rings is 1. The van der Waals surface area contributed by atoms with Gasteiger partial charge in [0.15, 0.2) is 5.82 Å². The summed E-state index contributed by atoms with van der Waals surface area (Å²) in [6.07, 6.45) is -0.127. The second-order valence-electron chi connectivity index (χ2n) is 9.87. The number of carbonyl (C=O) groups excluding carboxylic acids is 2. The largest absolute Gasteiger partial charge is 0.433 e. The quantitative estimate of drug-likeness (QED) is 0.463. The lowest BCUT2D eigenvalue weighted by molar-refractivity contribution is -0.141. The van der Waals surface area contributed by atoms with Crippen LogP contribution in [0.15, 0.2) is 30.7 Å². The number of fused-ring (bicyclic) bond motifs is 1. The number of hydrogen-bond acceptors (Lipinski definition) is 8. The molecular weight excluding hydrogens is 515 g/mol. The molecule has 3 aromatic rings. The van der Waals surface area contributed by atoms with Crippen molar-refractivity contribution >= 4 is 29.3 Å². The fourth-order valence-corrected chi connectivity index (χ4v) is 3.99. The highest BCUT2D eigenvalue weighted by molar-refractivity contribution is 6.03. The summed E-state index contributed by atoms with van der Waals surface area (Å²) < 4.78 is 40.0. The van der Waals surface area contributed by atoms with E-state index in [1.807, 2.05) is 13.8 Å². The van der Waals surface area contributed by atoms with E-state index in [0.29, 0.717) is 28.3 Å². The lowest BCUT2D eigenvalue weighted by Crippen LogP contribution is -2.48. The Kier molecular flexibility index (Phi) is 7.59. The Balaban J connectivity index is 1.63. The number of nitrogens with two attached hydrogens (primary N) is 1. The predicted molar refractivity (Wildman–Crippen MR) is 138 cm³/mol. The zero-order valence-corrected chi connectivity index (χ0v) is 22.2. The van der Waals surface area contributed by atoms with E-state index in [4.69, 9.17) is 5.73 Å². The highest BCUT2D eigenvalue weighted by Gasteiger charge is 2.34. The minimum Gasteiger partial charge on any atom is -0.346 e. The normalized spacial score (nSPS) is 16.2. The molecule has 2 atom stereocenters. The first kappa shape index (κ1) is 28.0. The number of carbonyl (C=O) groups is 2. The van der Waals surface area contributed by atoms with Crippen LogP contribution in [-0.2, 0) is 28.9 Å². The van der Waals surface area contributed by atoms with Crippen LogP contribution < -0.4 is 20.9 Å². The summed E-state index contributed by atoms with van der Waals surface area (Å²) in [5, 5.41) is 7.11. The van der Waals surface area contributed by atoms with Crippen molar-refractivity contribution in [2.45, 2.75) is 59.0 Å². The Bertz CT molecular complexity index is 1370. The SMILES string of the molecule is Cc1nc(N(Cc2cnn(Cc3ccc(C(F)(F)F)nc3)c2)C(=O)C(N)C(C)C)nc2c1NC(=O)[C@H](C)N2C. The van der Waals surface area contributed by atoms with Crippen molar-refractivity contribution in [1.29, 1.82) is 0 Å². The third-order valence-corrected chi connectivity index (χ3v) is 6.60. The fourth-order valence-electron chi connectivity index (χ4n) is 3.99. The number of nitrogens with one attached hydrogen (secondary N) is 1. The summed E-state index contributed by atoms with van der Waals surface area (Å²) in [5.74, 6) is -0.127. The second kappa shape index (κ2) is 10.6. The number of halogens is 3. The predicted octanol–water partition coefficient (Wildman–Crippen LogP) is 2.74. The smallest absolute Gasteiger partial charge is 0.346 e. The molecule has 0 aliphatic carbocycles. The van der Waals surface area contributed by atoms with Crippen molar-refractivity contribution in [1.82, 2.24) is 24.7 Å². The fraction of sp³-hybridized carbons (Fsp3) is 0.440. The molecule has 0 bridgehead atoms. The van der Waals surface area contributed by atoms with Crippen LogP contribution in [0.1, 0.15) is 43.3 Å². The number of rotatable bonds is 7. The minimum absolute atomic E-state index is 0.0500. The number of aryl methyl sites for hydroxylation is 1. The molecule has 11 nitrogen and oxygen atoms in total. The molecule has 0 saturated carbocycles. The molecule has 0 radical (unpaired) electrons. The van der Waals surface area contributed by atoms with E-state index in [2.05, 4.69) is 25.4 Å². The van der Waals surface area contributed by atoms with Crippen molar-refractivity contribution in [3.63, 3.8) is 0 Å². The number of amides is 2. The van der Waals surface area contributed by atoms with Gasteiger partial charge in [0, 0.05) is 25.0 Å². The molecule has 1 unspecified atom stereocenters. The second-order valence-corrected chi connectivity index (χ2v) is 9.87. The lowest BCUT2D eigenvalue weighted by atomic mass is 10.0. The Labute approximate surface area is 223 Å². The average Bonchev–Trinajstić information content (AvgIpc) is 3.32. The van der Waals surface area contributed by atoms with Crippen molar-refractivity contribution < 1.29 is 22.8 Å². The first-order chi connectivity index (χ1) is 18.3. The summed E-state index contributed by atoms with van der Waals surface area (Å²) >= 11 is 0. The maximum absolute atomic E-state index is 13.5. The van der Waals surface area contributed by atoms with Crippen LogP contribution in [-0.4, -0.2) is 55.7 Å². The number of likely N-dealkylation sites (N-methyl/N-ethyl adjacent to an activating group) is 1. The maximum Gasteiger partial charge on any atom is 0.433 e. The molecule has 208 valence electrons. The lowest BCUT2D eigenvalue weighted by Gasteiger charge is -2.34. The topological polar surface area (TPSA) is 135 Å². The van der Waals surface area contributed by atoms with Crippen LogP contribution in [0, 0.1) is 12.8 Å². The van der Waals surface area contributed by atoms with E-state index >= 15 is 0 Å². The van der Waals surface area contributed by atoms with Crippen molar-refractivity contribution in [2.75, 3.05) is 22.2 Å². The monoisotopic (exact) mass is 545 g/mol. The van der Waals surface area contributed by atoms with Crippen molar-refractivity contribution in [2.24, 2.45) is 11.7 Å². The molecule has 4 rings (SSSR count). The first-order valence-electron chi connectivity index (χ1n) is 12.3. The van der Waals surface area contributed by atoms with Gasteiger partial charge < -0.3 is 16.0 Å². The summed E-state index contributed by atoms with van der Waals surface area (Å²) in [4.78, 5) is 41.5. The molecular formula is C25H30F3N9O2. The molecule has 39 heavy (non-hydrogen) atoms. The van der Waals surface area contributed by atoms with Crippen LogP contribution in [0.5, 0.6) is 0 Å². The highest BCUT2D eigenvalue weighted by atomic mass is 19.4. The zero-order chi connectivity index (χ0) is 28.6. The Hall–Kier alpha value is -4.07. The molecule has 3 aromatic heterocycles. The third-order valence-electron chi connectivity index (χ3n) is 6.60.